The third kappa shape index (κ3) is 2.82. The van der Waals surface area contributed by atoms with E-state index in [2.05, 4.69) is 11.2 Å². The second-order valence-electron chi connectivity index (χ2n) is 7.27. The number of aliphatic hydroxyl groups excluding tert-OH is 1. The number of nitrogens with zero attached hydrogens (tertiary/aromatic N) is 3. The van der Waals surface area contributed by atoms with Gasteiger partial charge in [0, 0.05) is 37.7 Å². The number of fused-ring (bicyclic) bond motifs is 2. The van der Waals surface area contributed by atoms with Crippen LogP contribution in [-0.2, 0) is 16.8 Å². The number of amides is 1. The average Bonchev–Trinajstić information content (AvgIpc) is 3.17. The molecule has 2 aliphatic rings. The highest BCUT2D eigenvalue weighted by molar-refractivity contribution is 6.30. The van der Waals surface area contributed by atoms with E-state index < -0.39 is 6.10 Å². The molecule has 1 amide bonds. The second kappa shape index (κ2) is 6.68. The number of rotatable bonds is 3. The Hall–Kier alpha value is -1.89. The van der Waals surface area contributed by atoms with E-state index in [0.29, 0.717) is 31.1 Å². The zero-order valence-electron chi connectivity index (χ0n) is 14.5. The summed E-state index contributed by atoms with van der Waals surface area (Å²) in [6, 6.07) is 7.69. The molecule has 0 bridgehead atoms. The number of aromatic nitrogens is 2. The number of hydrogen-bond acceptors (Lipinski definition) is 4. The topological polar surface area (TPSA) is 84.4 Å². The lowest BCUT2D eigenvalue weighted by atomic mass is 9.72. The van der Waals surface area contributed by atoms with Crippen molar-refractivity contribution in [1.82, 2.24) is 14.7 Å². The van der Waals surface area contributed by atoms with Gasteiger partial charge in [-0.05, 0) is 24.0 Å². The number of hydrogen-bond donors (Lipinski definition) is 2. The van der Waals surface area contributed by atoms with Gasteiger partial charge in [-0.25, -0.2) is 0 Å². The molecule has 7 heteroatoms. The van der Waals surface area contributed by atoms with Crippen LogP contribution in [0, 0.1) is 0 Å². The number of halogens is 1. The first-order valence-corrected chi connectivity index (χ1v) is 9.38. The van der Waals surface area contributed by atoms with Crippen molar-refractivity contribution in [1.29, 1.82) is 0 Å². The standard InChI is InChI=1S/C19H23ClN4O2/c20-13-11-22-24(12-13)8-5-16(25)23-9-6-19(7-10-23)15-4-2-1-3-14(15)17(21)18(19)26/h1-4,11-12,17-18,26H,5-10,21H2/t17-,18+/m1/s1. The highest BCUT2D eigenvalue weighted by Crippen LogP contribution is 2.49. The number of benzene rings is 1. The summed E-state index contributed by atoms with van der Waals surface area (Å²) in [5, 5.41) is 15.5. The van der Waals surface area contributed by atoms with E-state index in [1.54, 1.807) is 17.1 Å². The Labute approximate surface area is 157 Å². The molecule has 26 heavy (non-hydrogen) atoms. The molecule has 1 fully saturated rings. The molecule has 1 spiro atoms. The smallest absolute Gasteiger partial charge is 0.224 e. The summed E-state index contributed by atoms with van der Waals surface area (Å²) in [7, 11) is 0. The zero-order valence-corrected chi connectivity index (χ0v) is 15.3. The summed E-state index contributed by atoms with van der Waals surface area (Å²) in [6.07, 6.45) is 4.55. The Balaban J connectivity index is 1.42. The molecule has 1 saturated heterocycles. The maximum absolute atomic E-state index is 12.5. The normalized spacial score (nSPS) is 24.0. The van der Waals surface area contributed by atoms with E-state index in [-0.39, 0.29) is 17.4 Å². The Bertz CT molecular complexity index is 813. The van der Waals surface area contributed by atoms with Crippen LogP contribution in [0.25, 0.3) is 0 Å². The van der Waals surface area contributed by atoms with Gasteiger partial charge >= 0.3 is 0 Å². The van der Waals surface area contributed by atoms with Crippen LogP contribution in [0.1, 0.15) is 36.4 Å². The predicted octanol–water partition coefficient (Wildman–Crippen LogP) is 1.86. The van der Waals surface area contributed by atoms with Crippen LogP contribution in [0.3, 0.4) is 0 Å². The van der Waals surface area contributed by atoms with Gasteiger partial charge in [0.05, 0.1) is 23.4 Å². The first-order chi connectivity index (χ1) is 12.5. The molecule has 1 aromatic heterocycles. The third-order valence-corrected chi connectivity index (χ3v) is 6.12. The van der Waals surface area contributed by atoms with Gasteiger partial charge in [-0.3, -0.25) is 9.48 Å². The van der Waals surface area contributed by atoms with Crippen molar-refractivity contribution in [3.05, 3.63) is 52.8 Å². The van der Waals surface area contributed by atoms with Crippen LogP contribution in [-0.4, -0.2) is 44.9 Å². The van der Waals surface area contributed by atoms with Crippen LogP contribution in [0.2, 0.25) is 5.02 Å². The van der Waals surface area contributed by atoms with Gasteiger partial charge in [0.25, 0.3) is 0 Å². The van der Waals surface area contributed by atoms with Crippen molar-refractivity contribution in [2.75, 3.05) is 13.1 Å². The second-order valence-corrected chi connectivity index (χ2v) is 7.70. The molecule has 3 N–H and O–H groups in total. The monoisotopic (exact) mass is 374 g/mol. The molecule has 2 heterocycles. The first kappa shape index (κ1) is 17.5. The van der Waals surface area contributed by atoms with Crippen molar-refractivity contribution in [2.24, 2.45) is 5.73 Å². The van der Waals surface area contributed by atoms with Gasteiger partial charge in [-0.15, -0.1) is 0 Å². The van der Waals surface area contributed by atoms with Crippen LogP contribution in [0.4, 0.5) is 0 Å². The Morgan fingerprint density at radius 2 is 2.08 bits per heavy atom. The molecule has 1 aliphatic heterocycles. The minimum absolute atomic E-state index is 0.108. The van der Waals surface area contributed by atoms with Gasteiger partial charge in [-0.2, -0.15) is 5.10 Å². The fourth-order valence-corrected chi connectivity index (χ4v) is 4.62. The Morgan fingerprint density at radius 1 is 1.35 bits per heavy atom. The molecule has 138 valence electrons. The average molecular weight is 375 g/mol. The third-order valence-electron chi connectivity index (χ3n) is 5.93. The van der Waals surface area contributed by atoms with E-state index in [0.717, 1.165) is 24.0 Å². The number of aliphatic hydroxyl groups is 1. The molecule has 6 nitrogen and oxygen atoms in total. The quantitative estimate of drug-likeness (QED) is 0.858. The highest BCUT2D eigenvalue weighted by Gasteiger charge is 2.51. The van der Waals surface area contributed by atoms with E-state index in [4.69, 9.17) is 17.3 Å². The van der Waals surface area contributed by atoms with E-state index >= 15 is 0 Å². The lowest BCUT2D eigenvalue weighted by Gasteiger charge is -2.42. The van der Waals surface area contributed by atoms with E-state index in [1.165, 1.54) is 0 Å². The van der Waals surface area contributed by atoms with Gasteiger partial charge < -0.3 is 15.7 Å². The van der Waals surface area contributed by atoms with Crippen molar-refractivity contribution in [2.45, 2.75) is 43.4 Å². The maximum atomic E-state index is 12.5. The molecule has 4 rings (SSSR count). The summed E-state index contributed by atoms with van der Waals surface area (Å²) in [5.74, 6) is 0.108. The van der Waals surface area contributed by atoms with Gasteiger partial charge in [0.2, 0.25) is 5.91 Å². The molecular formula is C19H23ClN4O2. The first-order valence-electron chi connectivity index (χ1n) is 9.00. The van der Waals surface area contributed by atoms with Crippen LogP contribution < -0.4 is 5.73 Å². The molecule has 0 saturated carbocycles. The zero-order chi connectivity index (χ0) is 18.3. The molecule has 1 aliphatic carbocycles. The lowest BCUT2D eigenvalue weighted by Crippen LogP contribution is -2.50. The number of likely N-dealkylation sites (tertiary alicyclic amines) is 1. The summed E-state index contributed by atoms with van der Waals surface area (Å²) in [5.41, 5.74) is 8.11. The maximum Gasteiger partial charge on any atom is 0.224 e. The largest absolute Gasteiger partial charge is 0.390 e. The van der Waals surface area contributed by atoms with Crippen molar-refractivity contribution < 1.29 is 9.90 Å². The number of nitrogens with two attached hydrogens (primary N) is 1. The lowest BCUT2D eigenvalue weighted by molar-refractivity contribution is -0.133. The molecule has 1 aromatic carbocycles. The summed E-state index contributed by atoms with van der Waals surface area (Å²) in [4.78, 5) is 14.4. The van der Waals surface area contributed by atoms with Crippen molar-refractivity contribution in [3.8, 4) is 0 Å². The number of carbonyl (C=O) groups is 1. The fourth-order valence-electron chi connectivity index (χ4n) is 4.46. The molecule has 2 atom stereocenters. The SMILES string of the molecule is N[C@@H]1c2ccccc2C2(CCN(C(=O)CCn3cc(Cl)cn3)CC2)[C@H]1O. The minimum atomic E-state index is -0.594. The van der Waals surface area contributed by atoms with Gasteiger partial charge in [0.1, 0.15) is 0 Å². The highest BCUT2D eigenvalue weighted by atomic mass is 35.5. The summed E-state index contributed by atoms with van der Waals surface area (Å²) in [6.45, 7) is 1.79. The fraction of sp³-hybridized carbons (Fsp3) is 0.474. The van der Waals surface area contributed by atoms with Gasteiger partial charge in [0.15, 0.2) is 0 Å². The van der Waals surface area contributed by atoms with E-state index in [9.17, 15) is 9.90 Å². The van der Waals surface area contributed by atoms with Crippen LogP contribution in [0.5, 0.6) is 0 Å². The molecular weight excluding hydrogens is 352 g/mol. The minimum Gasteiger partial charge on any atom is -0.390 e. The number of piperidine rings is 1. The van der Waals surface area contributed by atoms with Crippen molar-refractivity contribution >= 4 is 17.5 Å². The number of carbonyl (C=O) groups excluding carboxylic acids is 1. The van der Waals surface area contributed by atoms with E-state index in [1.807, 2.05) is 23.1 Å². The van der Waals surface area contributed by atoms with Crippen LogP contribution in [0.15, 0.2) is 36.7 Å². The Morgan fingerprint density at radius 3 is 2.77 bits per heavy atom. The number of aryl methyl sites for hydroxylation is 1. The summed E-state index contributed by atoms with van der Waals surface area (Å²) >= 11 is 5.85. The van der Waals surface area contributed by atoms with Gasteiger partial charge in [-0.1, -0.05) is 35.9 Å². The van der Waals surface area contributed by atoms with Crippen molar-refractivity contribution in [3.63, 3.8) is 0 Å². The summed E-state index contributed by atoms with van der Waals surface area (Å²) < 4.78 is 1.68. The van der Waals surface area contributed by atoms with Crippen LogP contribution >= 0.6 is 11.6 Å². The Kier molecular flexibility index (Phi) is 4.50. The molecule has 2 aromatic rings. The predicted molar refractivity (Wildman–Crippen MR) is 98.7 cm³/mol. The molecule has 0 radical (unpaired) electrons. The molecule has 0 unspecified atom stereocenters.